The fraction of sp³-hybridized carbons (Fsp3) is 0.364. The molecule has 2 aromatic carbocycles. The third-order valence-electron chi connectivity index (χ3n) is 4.80. The first-order valence-corrected chi connectivity index (χ1v) is 10.5. The zero-order valence-electron chi connectivity index (χ0n) is 15.5. The molecule has 1 aliphatic heterocycles. The fourth-order valence-electron chi connectivity index (χ4n) is 3.23. The number of piperidine rings is 1. The maximum Gasteiger partial charge on any atom is 0.232 e. The van der Waals surface area contributed by atoms with Crippen molar-refractivity contribution in [3.05, 3.63) is 66.2 Å². The molecular weight excluding hydrogens is 356 g/mol. The highest BCUT2D eigenvalue weighted by molar-refractivity contribution is 8.00. The molecule has 1 heterocycles. The van der Waals surface area contributed by atoms with E-state index in [0.717, 1.165) is 37.2 Å². The van der Waals surface area contributed by atoms with Gasteiger partial charge in [-0.3, -0.25) is 9.59 Å². The molecule has 1 aliphatic rings. The molecule has 0 radical (unpaired) electrons. The topological polar surface area (TPSA) is 49.4 Å². The van der Waals surface area contributed by atoms with Crippen LogP contribution in [0.5, 0.6) is 0 Å². The number of amides is 2. The summed E-state index contributed by atoms with van der Waals surface area (Å²) in [7, 11) is 0. The normalized spacial score (nSPS) is 14.7. The summed E-state index contributed by atoms with van der Waals surface area (Å²) in [5.41, 5.74) is 1.18. The minimum absolute atomic E-state index is 0.100. The second-order valence-corrected chi connectivity index (χ2v) is 7.86. The maximum atomic E-state index is 12.4. The summed E-state index contributed by atoms with van der Waals surface area (Å²) in [5.74, 6) is 0.749. The van der Waals surface area contributed by atoms with E-state index in [0.29, 0.717) is 12.2 Å². The van der Waals surface area contributed by atoms with Gasteiger partial charge in [0.15, 0.2) is 0 Å². The van der Waals surface area contributed by atoms with E-state index in [1.54, 1.807) is 11.8 Å². The van der Waals surface area contributed by atoms with Crippen LogP contribution in [0.2, 0.25) is 0 Å². The van der Waals surface area contributed by atoms with Crippen LogP contribution in [-0.4, -0.2) is 41.6 Å². The van der Waals surface area contributed by atoms with Crippen molar-refractivity contribution in [2.24, 2.45) is 0 Å². The SMILES string of the molecule is O=C(CCc1ccccc1)NC1CCN(C(=O)CSc2ccccc2)CC1. The summed E-state index contributed by atoms with van der Waals surface area (Å²) in [4.78, 5) is 27.6. The minimum Gasteiger partial charge on any atom is -0.353 e. The lowest BCUT2D eigenvalue weighted by Gasteiger charge is -2.32. The monoisotopic (exact) mass is 382 g/mol. The first kappa shape index (κ1) is 19.5. The van der Waals surface area contributed by atoms with Crippen molar-refractivity contribution in [3.63, 3.8) is 0 Å². The van der Waals surface area contributed by atoms with Crippen LogP contribution in [0.3, 0.4) is 0 Å². The van der Waals surface area contributed by atoms with E-state index in [4.69, 9.17) is 0 Å². The standard InChI is InChI=1S/C22H26N2O2S/c25-21(12-11-18-7-3-1-4-8-18)23-19-13-15-24(16-14-19)22(26)17-27-20-9-5-2-6-10-20/h1-10,19H,11-17H2,(H,23,25). The van der Waals surface area contributed by atoms with Gasteiger partial charge in [0.2, 0.25) is 11.8 Å². The number of hydrogen-bond donors (Lipinski definition) is 1. The summed E-state index contributed by atoms with van der Waals surface area (Å²) in [5, 5.41) is 3.12. The Morgan fingerprint density at radius 1 is 0.963 bits per heavy atom. The van der Waals surface area contributed by atoms with E-state index in [1.807, 2.05) is 65.6 Å². The van der Waals surface area contributed by atoms with Gasteiger partial charge in [-0.25, -0.2) is 0 Å². The van der Waals surface area contributed by atoms with Crippen molar-refractivity contribution < 1.29 is 9.59 Å². The molecule has 0 spiro atoms. The van der Waals surface area contributed by atoms with Gasteiger partial charge in [-0.2, -0.15) is 0 Å². The first-order chi connectivity index (χ1) is 13.2. The fourth-order valence-corrected chi connectivity index (χ4v) is 4.05. The molecule has 1 N–H and O–H groups in total. The number of rotatable bonds is 7. The second-order valence-electron chi connectivity index (χ2n) is 6.81. The third kappa shape index (κ3) is 6.43. The molecular formula is C22H26N2O2S. The Morgan fingerprint density at radius 3 is 2.26 bits per heavy atom. The van der Waals surface area contributed by atoms with E-state index in [2.05, 4.69) is 5.32 Å². The van der Waals surface area contributed by atoms with Gasteiger partial charge in [-0.1, -0.05) is 48.5 Å². The predicted molar refractivity (Wildman–Crippen MR) is 110 cm³/mol. The highest BCUT2D eigenvalue weighted by Crippen LogP contribution is 2.19. The van der Waals surface area contributed by atoms with Crippen LogP contribution in [0, 0.1) is 0 Å². The number of aryl methyl sites for hydroxylation is 1. The lowest BCUT2D eigenvalue weighted by Crippen LogP contribution is -2.47. The molecule has 0 aromatic heterocycles. The van der Waals surface area contributed by atoms with Crippen LogP contribution in [0.15, 0.2) is 65.6 Å². The zero-order valence-corrected chi connectivity index (χ0v) is 16.3. The number of likely N-dealkylation sites (tertiary alicyclic amines) is 1. The maximum absolute atomic E-state index is 12.4. The van der Waals surface area contributed by atoms with Crippen molar-refractivity contribution in [1.82, 2.24) is 10.2 Å². The lowest BCUT2D eigenvalue weighted by atomic mass is 10.0. The van der Waals surface area contributed by atoms with Gasteiger partial charge in [0, 0.05) is 30.4 Å². The summed E-state index contributed by atoms with van der Waals surface area (Å²) in [6.07, 6.45) is 2.94. The van der Waals surface area contributed by atoms with Gasteiger partial charge in [-0.15, -0.1) is 11.8 Å². The molecule has 4 nitrogen and oxygen atoms in total. The molecule has 2 aromatic rings. The highest BCUT2D eigenvalue weighted by atomic mass is 32.2. The number of nitrogens with one attached hydrogen (secondary N) is 1. The van der Waals surface area contributed by atoms with E-state index >= 15 is 0 Å². The number of benzene rings is 2. The molecule has 142 valence electrons. The average Bonchev–Trinajstić information content (AvgIpc) is 2.72. The molecule has 1 fully saturated rings. The molecule has 0 bridgehead atoms. The molecule has 2 amide bonds. The Morgan fingerprint density at radius 2 is 1.59 bits per heavy atom. The van der Waals surface area contributed by atoms with E-state index in [9.17, 15) is 9.59 Å². The number of thioether (sulfide) groups is 1. The Hall–Kier alpha value is -2.27. The molecule has 3 rings (SSSR count). The molecule has 0 aliphatic carbocycles. The van der Waals surface area contributed by atoms with Crippen LogP contribution in [-0.2, 0) is 16.0 Å². The highest BCUT2D eigenvalue weighted by Gasteiger charge is 2.23. The number of carbonyl (C=O) groups is 2. The van der Waals surface area contributed by atoms with Gasteiger partial charge in [0.25, 0.3) is 0 Å². The Kier molecular flexibility index (Phi) is 7.34. The first-order valence-electron chi connectivity index (χ1n) is 9.49. The number of nitrogens with zero attached hydrogens (tertiary/aromatic N) is 1. The van der Waals surface area contributed by atoms with E-state index < -0.39 is 0 Å². The largest absolute Gasteiger partial charge is 0.353 e. The average molecular weight is 383 g/mol. The quantitative estimate of drug-likeness (QED) is 0.746. The predicted octanol–water partition coefficient (Wildman–Crippen LogP) is 3.52. The smallest absolute Gasteiger partial charge is 0.232 e. The molecule has 5 heteroatoms. The summed E-state index contributed by atoms with van der Waals surface area (Å²) < 4.78 is 0. The van der Waals surface area contributed by atoms with Gasteiger partial charge in [0.05, 0.1) is 5.75 Å². The molecule has 27 heavy (non-hydrogen) atoms. The third-order valence-corrected chi connectivity index (χ3v) is 5.80. The molecule has 0 saturated carbocycles. The summed E-state index contributed by atoms with van der Waals surface area (Å²) >= 11 is 1.58. The minimum atomic E-state index is 0.100. The number of carbonyl (C=O) groups excluding carboxylic acids is 2. The summed E-state index contributed by atoms with van der Waals surface area (Å²) in [6, 6.07) is 20.2. The van der Waals surface area contributed by atoms with E-state index in [-0.39, 0.29) is 17.9 Å². The van der Waals surface area contributed by atoms with Gasteiger partial charge in [0.1, 0.15) is 0 Å². The molecule has 0 unspecified atom stereocenters. The van der Waals surface area contributed by atoms with Crippen LogP contribution in [0.25, 0.3) is 0 Å². The van der Waals surface area contributed by atoms with E-state index in [1.165, 1.54) is 5.56 Å². The Labute approximate surface area is 165 Å². The molecule has 1 saturated heterocycles. The lowest BCUT2D eigenvalue weighted by molar-refractivity contribution is -0.129. The van der Waals surface area contributed by atoms with Crippen LogP contribution in [0.1, 0.15) is 24.8 Å². The van der Waals surface area contributed by atoms with Crippen molar-refractivity contribution in [2.75, 3.05) is 18.8 Å². The summed E-state index contributed by atoms with van der Waals surface area (Å²) in [6.45, 7) is 1.44. The Bertz CT molecular complexity index is 728. The van der Waals surface area contributed by atoms with Gasteiger partial charge >= 0.3 is 0 Å². The van der Waals surface area contributed by atoms with Crippen molar-refractivity contribution in [1.29, 1.82) is 0 Å². The zero-order chi connectivity index (χ0) is 18.9. The molecule has 0 atom stereocenters. The van der Waals surface area contributed by atoms with Crippen molar-refractivity contribution in [3.8, 4) is 0 Å². The van der Waals surface area contributed by atoms with Gasteiger partial charge in [-0.05, 0) is 37.0 Å². The van der Waals surface area contributed by atoms with Crippen molar-refractivity contribution >= 4 is 23.6 Å². The van der Waals surface area contributed by atoms with Gasteiger partial charge < -0.3 is 10.2 Å². The van der Waals surface area contributed by atoms with Crippen LogP contribution < -0.4 is 5.32 Å². The second kappa shape index (κ2) is 10.2. The van der Waals surface area contributed by atoms with Crippen LogP contribution in [0.4, 0.5) is 0 Å². The van der Waals surface area contributed by atoms with Crippen LogP contribution >= 0.6 is 11.8 Å². The van der Waals surface area contributed by atoms with Crippen molar-refractivity contribution in [2.45, 2.75) is 36.6 Å². The Balaban J connectivity index is 1.34. The number of hydrogen-bond acceptors (Lipinski definition) is 3.